The van der Waals surface area contributed by atoms with Crippen molar-refractivity contribution in [3.05, 3.63) is 66.8 Å². The minimum Gasteiger partial charge on any atom is -0.480 e. The van der Waals surface area contributed by atoms with E-state index < -0.39 is 10.7 Å². The number of carboxylic acid groups (broad SMARTS) is 1. The van der Waals surface area contributed by atoms with Crippen molar-refractivity contribution in [2.45, 2.75) is 109 Å². The molecule has 0 aromatic heterocycles. The third kappa shape index (κ3) is 15.8. The number of carbonyl (C=O) groups excluding carboxylic acids is 1. The predicted molar refractivity (Wildman–Crippen MR) is 196 cm³/mol. The summed E-state index contributed by atoms with van der Waals surface area (Å²) in [6, 6.07) is 8.06. The number of allylic oxidation sites excluding steroid dienone is 2. The Morgan fingerprint density at radius 1 is 1.13 bits per heavy atom. The van der Waals surface area contributed by atoms with Gasteiger partial charge in [-0.3, -0.25) is 19.5 Å². The quantitative estimate of drug-likeness (QED) is 0.0472. The summed E-state index contributed by atoms with van der Waals surface area (Å²) < 4.78 is -0.870. The van der Waals surface area contributed by atoms with Crippen molar-refractivity contribution in [3.63, 3.8) is 0 Å². The van der Waals surface area contributed by atoms with Gasteiger partial charge < -0.3 is 15.3 Å². The number of aliphatic carboxylic acids is 1. The van der Waals surface area contributed by atoms with Crippen LogP contribution in [0, 0.1) is 0 Å². The summed E-state index contributed by atoms with van der Waals surface area (Å²) in [4.78, 5) is 35.0. The number of amidine groups is 1. The molecule has 1 fully saturated rings. The van der Waals surface area contributed by atoms with Crippen LogP contribution in [0.2, 0.25) is 0 Å². The normalized spacial score (nSPS) is 15.7. The lowest BCUT2D eigenvalue weighted by Gasteiger charge is -2.32. The van der Waals surface area contributed by atoms with Gasteiger partial charge >= 0.3 is 5.97 Å². The smallest absolute Gasteiger partial charge is 0.319 e. The zero-order chi connectivity index (χ0) is 34.3. The SMILES string of the molecule is C/C=C(\C=C/CC)CN1CCC(NC(=O)CN=C(c2ccc(SC(C)(CC)C(=O)O)cc2)N(C)CCCCC)CC1.C=C.CC. The number of unbranched alkanes of at least 4 members (excludes halogenated alkanes) is 2. The monoisotopic (exact) mass is 642 g/mol. The highest BCUT2D eigenvalue weighted by Gasteiger charge is 2.32. The number of hydrogen-bond donors (Lipinski definition) is 2. The molecule has 0 radical (unpaired) electrons. The first-order valence-electron chi connectivity index (χ1n) is 16.8. The largest absolute Gasteiger partial charge is 0.480 e. The van der Waals surface area contributed by atoms with Gasteiger partial charge in [0.05, 0.1) is 0 Å². The molecule has 2 N–H and O–H groups in total. The van der Waals surface area contributed by atoms with Crippen molar-refractivity contribution < 1.29 is 14.7 Å². The highest BCUT2D eigenvalue weighted by molar-refractivity contribution is 8.01. The lowest BCUT2D eigenvalue weighted by Crippen LogP contribution is -2.45. The second-order valence-electron chi connectivity index (χ2n) is 11.1. The Morgan fingerprint density at radius 2 is 1.76 bits per heavy atom. The summed E-state index contributed by atoms with van der Waals surface area (Å²) in [5.41, 5.74) is 2.27. The summed E-state index contributed by atoms with van der Waals surface area (Å²) in [5.74, 6) is -0.0660. The van der Waals surface area contributed by atoms with Gasteiger partial charge in [-0.2, -0.15) is 0 Å². The molecule has 1 unspecified atom stereocenters. The number of piperidine rings is 1. The average Bonchev–Trinajstić information content (AvgIpc) is 3.06. The zero-order valence-electron chi connectivity index (χ0n) is 29.5. The molecule has 0 bridgehead atoms. The molecule has 254 valence electrons. The Bertz CT molecular complexity index is 1060. The fourth-order valence-corrected chi connectivity index (χ4v) is 5.78. The maximum Gasteiger partial charge on any atom is 0.319 e. The van der Waals surface area contributed by atoms with Gasteiger partial charge in [-0.05, 0) is 63.7 Å². The first-order chi connectivity index (χ1) is 21.6. The second-order valence-corrected chi connectivity index (χ2v) is 12.7. The predicted octanol–water partition coefficient (Wildman–Crippen LogP) is 8.22. The Kier molecular flexibility index (Phi) is 22.9. The molecule has 1 amide bonds. The van der Waals surface area contributed by atoms with Crippen molar-refractivity contribution in [2.24, 2.45) is 4.99 Å². The van der Waals surface area contributed by atoms with Gasteiger partial charge in [0.25, 0.3) is 0 Å². The number of carboxylic acids is 1. The lowest BCUT2D eigenvalue weighted by molar-refractivity contribution is -0.139. The molecular weight excluding hydrogens is 580 g/mol. The number of amides is 1. The van der Waals surface area contributed by atoms with Gasteiger partial charge in [-0.25, -0.2) is 0 Å². The van der Waals surface area contributed by atoms with E-state index >= 15 is 0 Å². The molecule has 1 aromatic rings. The lowest BCUT2D eigenvalue weighted by atomic mass is 10.0. The number of thioether (sulfide) groups is 1. The van der Waals surface area contributed by atoms with Crippen LogP contribution >= 0.6 is 11.8 Å². The Morgan fingerprint density at radius 3 is 2.27 bits per heavy atom. The molecular formula is C37H62N4O3S. The number of benzene rings is 1. The molecule has 1 aromatic carbocycles. The van der Waals surface area contributed by atoms with Crippen LogP contribution in [0.25, 0.3) is 0 Å². The Balaban J connectivity index is 0.00000464. The van der Waals surface area contributed by atoms with E-state index in [1.807, 2.05) is 52.1 Å². The van der Waals surface area contributed by atoms with Crippen LogP contribution in [0.4, 0.5) is 0 Å². The summed E-state index contributed by atoms with van der Waals surface area (Å²) in [6.45, 7) is 23.9. The van der Waals surface area contributed by atoms with E-state index in [9.17, 15) is 14.7 Å². The van der Waals surface area contributed by atoms with E-state index in [4.69, 9.17) is 4.99 Å². The molecule has 7 nitrogen and oxygen atoms in total. The Labute approximate surface area is 279 Å². The van der Waals surface area contributed by atoms with Crippen LogP contribution in [0.15, 0.2) is 71.1 Å². The van der Waals surface area contributed by atoms with Crippen molar-refractivity contribution in [1.82, 2.24) is 15.1 Å². The fourth-order valence-electron chi connectivity index (χ4n) is 4.76. The standard InChI is InChI=1S/C33H52N4O3S.C2H6.C2H4/c1-7-11-13-21-36(6)31(27-15-17-29(18-16-27)41-33(5,10-4)32(39)40)34-24-30(38)35-28-19-22-37(23-20-28)25-26(9-3)14-12-8-2;2*1-2/h9,12,14-18,28H,7-8,10-11,13,19-25H2,1-6H3,(H,35,38)(H,39,40);1-2H3;1-2H2/b14-12-,26-9+,34-31?;;. The van der Waals surface area contributed by atoms with Crippen LogP contribution in [0.5, 0.6) is 0 Å². The third-order valence-electron chi connectivity index (χ3n) is 7.71. The molecule has 45 heavy (non-hydrogen) atoms. The number of nitrogens with zero attached hydrogens (tertiary/aromatic N) is 3. The minimum atomic E-state index is -0.870. The van der Waals surface area contributed by atoms with Crippen LogP contribution in [0.1, 0.15) is 99.0 Å². The van der Waals surface area contributed by atoms with Gasteiger partial charge in [0.15, 0.2) is 0 Å². The average molecular weight is 643 g/mol. The molecule has 0 saturated carbocycles. The van der Waals surface area contributed by atoms with E-state index in [0.717, 1.165) is 81.0 Å². The molecule has 1 aliphatic heterocycles. The number of nitrogens with one attached hydrogen (secondary N) is 1. The van der Waals surface area contributed by atoms with Gasteiger partial charge in [-0.15, -0.1) is 24.9 Å². The topological polar surface area (TPSA) is 85.2 Å². The molecule has 1 atom stereocenters. The first-order valence-corrected chi connectivity index (χ1v) is 17.6. The number of likely N-dealkylation sites (tertiary alicyclic amines) is 1. The molecule has 8 heteroatoms. The highest BCUT2D eigenvalue weighted by atomic mass is 32.2. The molecule has 1 aliphatic rings. The van der Waals surface area contributed by atoms with Crippen molar-refractivity contribution in [3.8, 4) is 0 Å². The van der Waals surface area contributed by atoms with E-state index in [-0.39, 0.29) is 18.5 Å². The van der Waals surface area contributed by atoms with Gasteiger partial charge in [-0.1, -0.05) is 77.8 Å². The second kappa shape index (κ2) is 24.4. The summed E-state index contributed by atoms with van der Waals surface area (Å²) in [7, 11) is 2.03. The molecule has 1 saturated heterocycles. The maximum atomic E-state index is 12.9. The van der Waals surface area contributed by atoms with Gasteiger partial charge in [0.2, 0.25) is 5.91 Å². The van der Waals surface area contributed by atoms with Crippen LogP contribution in [0.3, 0.4) is 0 Å². The number of carbonyl (C=O) groups is 2. The maximum absolute atomic E-state index is 12.9. The molecule has 2 rings (SSSR count). The molecule has 1 heterocycles. The molecule has 0 aliphatic carbocycles. The summed E-state index contributed by atoms with van der Waals surface area (Å²) in [6.07, 6.45) is 13.4. The van der Waals surface area contributed by atoms with E-state index in [2.05, 4.69) is 67.3 Å². The zero-order valence-corrected chi connectivity index (χ0v) is 30.3. The van der Waals surface area contributed by atoms with Crippen molar-refractivity contribution >= 4 is 29.5 Å². The number of aliphatic imine (C=N–C) groups is 1. The summed E-state index contributed by atoms with van der Waals surface area (Å²) in [5, 5.41) is 12.9. The van der Waals surface area contributed by atoms with Crippen molar-refractivity contribution in [1.29, 1.82) is 0 Å². The summed E-state index contributed by atoms with van der Waals surface area (Å²) >= 11 is 1.36. The Hall–Kier alpha value is -2.84. The first kappa shape index (κ1) is 42.2. The van der Waals surface area contributed by atoms with E-state index in [0.29, 0.717) is 6.42 Å². The van der Waals surface area contributed by atoms with Crippen molar-refractivity contribution in [2.75, 3.05) is 39.8 Å². The fraction of sp³-hybridized carbons (Fsp3) is 0.595. The van der Waals surface area contributed by atoms with E-state index in [1.165, 1.54) is 17.3 Å². The number of hydrogen-bond acceptors (Lipinski definition) is 5. The minimum absolute atomic E-state index is 0.0460. The van der Waals surface area contributed by atoms with Crippen LogP contribution < -0.4 is 5.32 Å². The van der Waals surface area contributed by atoms with Crippen LogP contribution in [-0.2, 0) is 9.59 Å². The van der Waals surface area contributed by atoms with Gasteiger partial charge in [0.1, 0.15) is 17.1 Å². The third-order valence-corrected chi connectivity index (χ3v) is 9.13. The van der Waals surface area contributed by atoms with Gasteiger partial charge in [0, 0.05) is 49.7 Å². The van der Waals surface area contributed by atoms with Crippen LogP contribution in [-0.4, -0.2) is 83.2 Å². The number of rotatable bonds is 16. The highest BCUT2D eigenvalue weighted by Crippen LogP contribution is 2.35. The van der Waals surface area contributed by atoms with E-state index in [1.54, 1.807) is 6.92 Å². The molecule has 0 spiro atoms.